The first kappa shape index (κ1) is 17.0. The van der Waals surface area contributed by atoms with Crippen LogP contribution < -0.4 is 5.32 Å². The molecule has 1 rings (SSSR count). The van der Waals surface area contributed by atoms with Gasteiger partial charge in [-0.05, 0) is 51.8 Å². The zero-order chi connectivity index (χ0) is 15.6. The summed E-state index contributed by atoms with van der Waals surface area (Å²) in [7, 11) is -1.49. The Morgan fingerprint density at radius 2 is 1.95 bits per heavy atom. The Kier molecular flexibility index (Phi) is 5.21. The van der Waals surface area contributed by atoms with Crippen LogP contribution in [-0.4, -0.2) is 33.4 Å². The van der Waals surface area contributed by atoms with E-state index in [1.807, 2.05) is 26.8 Å². The summed E-state index contributed by atoms with van der Waals surface area (Å²) >= 11 is 0. The van der Waals surface area contributed by atoms with Gasteiger partial charge in [0.2, 0.25) is 0 Å². The molecule has 0 aliphatic carbocycles. The van der Waals surface area contributed by atoms with E-state index in [1.54, 1.807) is 19.2 Å². The van der Waals surface area contributed by atoms with Gasteiger partial charge in [-0.3, -0.25) is 0 Å². The zero-order valence-corrected chi connectivity index (χ0v) is 14.0. The second kappa shape index (κ2) is 6.14. The summed E-state index contributed by atoms with van der Waals surface area (Å²) in [5.74, 6) is 0. The van der Waals surface area contributed by atoms with Gasteiger partial charge in [-0.15, -0.1) is 0 Å². The monoisotopic (exact) mass is 299 g/mol. The fourth-order valence-electron chi connectivity index (χ4n) is 2.12. The summed E-state index contributed by atoms with van der Waals surface area (Å²) in [6, 6.07) is 5.34. The molecule has 1 aromatic carbocycles. The highest BCUT2D eigenvalue weighted by Gasteiger charge is 2.20. The molecule has 0 aliphatic rings. The normalized spacial score (nSPS) is 14.1. The molecule has 4 nitrogen and oxygen atoms in total. The lowest BCUT2D eigenvalue weighted by Crippen LogP contribution is -2.31. The van der Waals surface area contributed by atoms with Crippen LogP contribution in [0.1, 0.15) is 32.8 Å². The number of rotatable bonds is 6. The van der Waals surface area contributed by atoms with Crippen molar-refractivity contribution in [3.05, 3.63) is 23.8 Å². The Morgan fingerprint density at radius 3 is 2.45 bits per heavy atom. The second-order valence-electron chi connectivity index (χ2n) is 5.96. The number of ether oxygens (including phenoxy) is 1. The highest BCUT2D eigenvalue weighted by Crippen LogP contribution is 2.23. The molecule has 0 heterocycles. The van der Waals surface area contributed by atoms with E-state index in [9.17, 15) is 8.42 Å². The lowest BCUT2D eigenvalue weighted by molar-refractivity contribution is 0.0128. The lowest BCUT2D eigenvalue weighted by atomic mass is 9.99. The Morgan fingerprint density at radius 1 is 1.35 bits per heavy atom. The summed E-state index contributed by atoms with van der Waals surface area (Å²) in [5.41, 5.74) is 1.67. The Balaban J connectivity index is 2.92. The largest absolute Gasteiger partial charge is 0.382 e. The highest BCUT2D eigenvalue weighted by molar-refractivity contribution is 7.90. The van der Waals surface area contributed by atoms with Crippen molar-refractivity contribution in [1.82, 2.24) is 0 Å². The van der Waals surface area contributed by atoms with Gasteiger partial charge in [-0.1, -0.05) is 6.07 Å². The number of hydrogen-bond acceptors (Lipinski definition) is 4. The van der Waals surface area contributed by atoms with Gasteiger partial charge in [0.15, 0.2) is 9.84 Å². The van der Waals surface area contributed by atoms with E-state index < -0.39 is 9.84 Å². The molecule has 0 saturated carbocycles. The van der Waals surface area contributed by atoms with E-state index in [-0.39, 0.29) is 11.6 Å². The second-order valence-corrected chi connectivity index (χ2v) is 7.98. The summed E-state index contributed by atoms with van der Waals surface area (Å²) in [5, 5.41) is 3.37. The lowest BCUT2D eigenvalue weighted by Gasteiger charge is -2.28. The van der Waals surface area contributed by atoms with Crippen LogP contribution in [0.2, 0.25) is 0 Å². The number of methoxy groups -OCH3 is 1. The van der Waals surface area contributed by atoms with Crippen molar-refractivity contribution >= 4 is 15.5 Å². The van der Waals surface area contributed by atoms with Crippen LogP contribution in [0.3, 0.4) is 0 Å². The number of nitrogens with one attached hydrogen (secondary N) is 1. The fraction of sp³-hybridized carbons (Fsp3) is 0.600. The molecule has 0 radical (unpaired) electrons. The molecule has 1 aromatic rings. The van der Waals surface area contributed by atoms with Crippen molar-refractivity contribution in [1.29, 1.82) is 0 Å². The molecule has 20 heavy (non-hydrogen) atoms. The van der Waals surface area contributed by atoms with Gasteiger partial charge < -0.3 is 10.1 Å². The molecule has 0 bridgehead atoms. The van der Waals surface area contributed by atoms with Crippen molar-refractivity contribution in [2.45, 2.75) is 50.7 Å². The minimum absolute atomic E-state index is 0.179. The van der Waals surface area contributed by atoms with Crippen molar-refractivity contribution < 1.29 is 13.2 Å². The van der Waals surface area contributed by atoms with Gasteiger partial charge in [-0.25, -0.2) is 8.42 Å². The van der Waals surface area contributed by atoms with E-state index in [2.05, 4.69) is 12.2 Å². The molecular formula is C15H25NO3S. The van der Waals surface area contributed by atoms with Crippen LogP contribution in [0.5, 0.6) is 0 Å². The molecule has 0 fully saturated rings. The van der Waals surface area contributed by atoms with Gasteiger partial charge in [0.25, 0.3) is 0 Å². The molecule has 1 unspecified atom stereocenters. The number of aryl methyl sites for hydroxylation is 1. The standard InChI is InChI=1S/C15H25NO3S/c1-11-7-8-13(20(6,17)18)9-14(11)16-12(2)10-15(3,4)19-5/h7-9,12,16H,10H2,1-6H3. The fourth-order valence-corrected chi connectivity index (χ4v) is 2.77. The first-order valence-corrected chi connectivity index (χ1v) is 8.57. The third-order valence-electron chi connectivity index (χ3n) is 3.39. The average Bonchev–Trinajstić information content (AvgIpc) is 2.30. The zero-order valence-electron chi connectivity index (χ0n) is 13.1. The van der Waals surface area contributed by atoms with E-state index in [4.69, 9.17) is 4.74 Å². The van der Waals surface area contributed by atoms with E-state index >= 15 is 0 Å². The van der Waals surface area contributed by atoms with E-state index in [0.29, 0.717) is 4.90 Å². The molecule has 1 N–H and O–H groups in total. The predicted molar refractivity (Wildman–Crippen MR) is 83.1 cm³/mol. The quantitative estimate of drug-likeness (QED) is 0.877. The maximum Gasteiger partial charge on any atom is 0.175 e. The van der Waals surface area contributed by atoms with Gasteiger partial charge in [-0.2, -0.15) is 0 Å². The minimum Gasteiger partial charge on any atom is -0.382 e. The van der Waals surface area contributed by atoms with Crippen molar-refractivity contribution in [2.24, 2.45) is 0 Å². The first-order valence-electron chi connectivity index (χ1n) is 6.67. The average molecular weight is 299 g/mol. The van der Waals surface area contributed by atoms with Gasteiger partial charge in [0.1, 0.15) is 0 Å². The first-order chi connectivity index (χ1) is 9.05. The van der Waals surface area contributed by atoms with Crippen LogP contribution in [0.15, 0.2) is 23.1 Å². The van der Waals surface area contributed by atoms with Crippen LogP contribution in [0, 0.1) is 6.92 Å². The van der Waals surface area contributed by atoms with Crippen molar-refractivity contribution in [3.63, 3.8) is 0 Å². The third kappa shape index (κ3) is 4.80. The molecule has 0 saturated heterocycles. The van der Waals surface area contributed by atoms with Crippen LogP contribution >= 0.6 is 0 Å². The van der Waals surface area contributed by atoms with E-state index in [1.165, 1.54) is 6.26 Å². The van der Waals surface area contributed by atoms with E-state index in [0.717, 1.165) is 17.7 Å². The number of benzene rings is 1. The maximum atomic E-state index is 11.6. The van der Waals surface area contributed by atoms with Gasteiger partial charge in [0, 0.05) is 25.1 Å². The Bertz CT molecular complexity index is 564. The molecule has 0 aliphatic heterocycles. The molecule has 0 amide bonds. The summed E-state index contributed by atoms with van der Waals surface area (Å²) in [6.07, 6.45) is 2.05. The van der Waals surface area contributed by atoms with Crippen LogP contribution in [0.25, 0.3) is 0 Å². The Labute approximate surface area is 122 Å². The topological polar surface area (TPSA) is 55.4 Å². The van der Waals surface area contributed by atoms with Crippen molar-refractivity contribution in [3.8, 4) is 0 Å². The molecule has 1 atom stereocenters. The molecule has 5 heteroatoms. The predicted octanol–water partition coefficient (Wildman–Crippen LogP) is 3.01. The van der Waals surface area contributed by atoms with Crippen molar-refractivity contribution in [2.75, 3.05) is 18.7 Å². The summed E-state index contributed by atoms with van der Waals surface area (Å²) < 4.78 is 28.6. The molecule has 0 aromatic heterocycles. The highest BCUT2D eigenvalue weighted by atomic mass is 32.2. The number of anilines is 1. The number of sulfone groups is 1. The van der Waals surface area contributed by atoms with Gasteiger partial charge in [0.05, 0.1) is 10.5 Å². The summed E-state index contributed by atoms with van der Waals surface area (Å²) in [6.45, 7) is 8.09. The molecule has 114 valence electrons. The SMILES string of the molecule is COC(C)(C)CC(C)Nc1cc(S(C)(=O)=O)ccc1C. The third-order valence-corrected chi connectivity index (χ3v) is 4.50. The molecular weight excluding hydrogens is 274 g/mol. The van der Waals surface area contributed by atoms with Gasteiger partial charge >= 0.3 is 0 Å². The van der Waals surface area contributed by atoms with Crippen LogP contribution in [-0.2, 0) is 14.6 Å². The smallest absolute Gasteiger partial charge is 0.175 e. The minimum atomic E-state index is -3.18. The Hall–Kier alpha value is -1.07. The summed E-state index contributed by atoms with van der Waals surface area (Å²) in [4.78, 5) is 0.337. The number of hydrogen-bond donors (Lipinski definition) is 1. The molecule has 0 spiro atoms. The van der Waals surface area contributed by atoms with Crippen LogP contribution in [0.4, 0.5) is 5.69 Å². The maximum absolute atomic E-state index is 11.6.